The molecule has 1 saturated heterocycles. The average molecular weight is 424 g/mol. The highest BCUT2D eigenvalue weighted by Gasteiger charge is 2.25. The molecule has 2 fully saturated rings. The van der Waals surface area contributed by atoms with Crippen molar-refractivity contribution in [3.05, 3.63) is 48.2 Å². The van der Waals surface area contributed by atoms with E-state index in [4.69, 9.17) is 14.5 Å². The molecule has 1 saturated carbocycles. The molecule has 2 aliphatic rings. The minimum absolute atomic E-state index is 0.331. The van der Waals surface area contributed by atoms with Crippen molar-refractivity contribution < 1.29 is 9.47 Å². The first-order valence-corrected chi connectivity index (χ1v) is 11.3. The van der Waals surface area contributed by atoms with Crippen LogP contribution in [0.3, 0.4) is 0 Å². The summed E-state index contributed by atoms with van der Waals surface area (Å²) in [6.45, 7) is 6.17. The maximum atomic E-state index is 5.80. The number of para-hydroxylation sites is 2. The van der Waals surface area contributed by atoms with Gasteiger partial charge in [-0.1, -0.05) is 12.1 Å². The summed E-state index contributed by atoms with van der Waals surface area (Å²) in [6.07, 6.45) is 5.40. The SMILES string of the molecule is CCNC(=NCc1ccnc(OCC2CC2)c1)NC1CCN(c2ccccc2OC)C1. The van der Waals surface area contributed by atoms with Crippen molar-refractivity contribution in [1.29, 1.82) is 0 Å². The van der Waals surface area contributed by atoms with E-state index in [0.29, 0.717) is 18.5 Å². The van der Waals surface area contributed by atoms with Gasteiger partial charge in [0.2, 0.25) is 5.88 Å². The summed E-state index contributed by atoms with van der Waals surface area (Å²) < 4.78 is 11.3. The summed E-state index contributed by atoms with van der Waals surface area (Å²) in [5.74, 6) is 3.17. The van der Waals surface area contributed by atoms with Crippen LogP contribution in [0.25, 0.3) is 0 Å². The highest BCUT2D eigenvalue weighted by atomic mass is 16.5. The Morgan fingerprint density at radius 3 is 2.90 bits per heavy atom. The quantitative estimate of drug-likeness (QED) is 0.477. The standard InChI is InChI=1S/C24H33N5O2/c1-3-25-24(27-15-19-10-12-26-23(14-19)31-17-18-8-9-18)28-20-11-13-29(16-20)21-6-4-5-7-22(21)30-2/h4-7,10,12,14,18,20H,3,8-9,11,13,15-17H2,1-2H3,(H2,25,27,28). The zero-order chi connectivity index (χ0) is 21.5. The molecule has 7 heteroatoms. The highest BCUT2D eigenvalue weighted by Crippen LogP contribution is 2.30. The van der Waals surface area contributed by atoms with E-state index in [2.05, 4.69) is 39.6 Å². The first kappa shape index (κ1) is 21.3. The van der Waals surface area contributed by atoms with Gasteiger partial charge >= 0.3 is 0 Å². The fourth-order valence-corrected chi connectivity index (χ4v) is 3.79. The second-order valence-electron chi connectivity index (χ2n) is 8.20. The molecule has 166 valence electrons. The van der Waals surface area contributed by atoms with Gasteiger partial charge in [-0.15, -0.1) is 0 Å². The Bertz CT molecular complexity index is 884. The summed E-state index contributed by atoms with van der Waals surface area (Å²) in [5.41, 5.74) is 2.24. The van der Waals surface area contributed by atoms with E-state index in [1.54, 1.807) is 13.3 Å². The van der Waals surface area contributed by atoms with Crippen LogP contribution in [0.1, 0.15) is 31.7 Å². The number of hydrogen-bond acceptors (Lipinski definition) is 5. The smallest absolute Gasteiger partial charge is 0.213 e. The van der Waals surface area contributed by atoms with Crippen LogP contribution in [0.5, 0.6) is 11.6 Å². The molecule has 1 aliphatic carbocycles. The van der Waals surface area contributed by atoms with Gasteiger partial charge < -0.3 is 25.0 Å². The number of aliphatic imine (C=N–C) groups is 1. The summed E-state index contributed by atoms with van der Waals surface area (Å²) in [4.78, 5) is 11.5. The molecule has 1 aromatic heterocycles. The molecule has 31 heavy (non-hydrogen) atoms. The summed E-state index contributed by atoms with van der Waals surface area (Å²) in [6, 6.07) is 12.5. The Morgan fingerprint density at radius 1 is 1.23 bits per heavy atom. The number of nitrogens with zero attached hydrogens (tertiary/aromatic N) is 3. The Kier molecular flexibility index (Phi) is 7.12. The number of nitrogens with one attached hydrogen (secondary N) is 2. The predicted octanol–water partition coefficient (Wildman–Crippen LogP) is 3.21. The van der Waals surface area contributed by atoms with Crippen molar-refractivity contribution >= 4 is 11.6 Å². The van der Waals surface area contributed by atoms with Crippen LogP contribution in [-0.2, 0) is 6.54 Å². The normalized spacial score (nSPS) is 18.7. The molecule has 1 aromatic carbocycles. The van der Waals surface area contributed by atoms with Crippen LogP contribution in [0.2, 0.25) is 0 Å². The maximum Gasteiger partial charge on any atom is 0.213 e. The van der Waals surface area contributed by atoms with Crippen LogP contribution < -0.4 is 25.0 Å². The number of hydrogen-bond donors (Lipinski definition) is 2. The van der Waals surface area contributed by atoms with Gasteiger partial charge in [0, 0.05) is 37.9 Å². The summed E-state index contributed by atoms with van der Waals surface area (Å²) in [5, 5.41) is 6.97. The Labute approximate surface area is 184 Å². The molecule has 4 rings (SSSR count). The number of guanidine groups is 1. The summed E-state index contributed by atoms with van der Waals surface area (Å²) in [7, 11) is 1.72. The number of benzene rings is 1. The molecule has 2 N–H and O–H groups in total. The number of aromatic nitrogens is 1. The summed E-state index contributed by atoms with van der Waals surface area (Å²) >= 11 is 0. The Balaban J connectivity index is 1.34. The van der Waals surface area contributed by atoms with E-state index in [1.807, 2.05) is 24.3 Å². The molecule has 0 bridgehead atoms. The van der Waals surface area contributed by atoms with E-state index in [9.17, 15) is 0 Å². The van der Waals surface area contributed by atoms with Gasteiger partial charge in [0.05, 0.1) is 25.9 Å². The van der Waals surface area contributed by atoms with Crippen molar-refractivity contribution in [3.63, 3.8) is 0 Å². The lowest BCUT2D eigenvalue weighted by atomic mass is 10.2. The lowest BCUT2D eigenvalue weighted by Gasteiger charge is -2.22. The minimum Gasteiger partial charge on any atom is -0.495 e. The van der Waals surface area contributed by atoms with Crippen LogP contribution in [0.4, 0.5) is 5.69 Å². The molecule has 0 spiro atoms. The van der Waals surface area contributed by atoms with Gasteiger partial charge in [0.25, 0.3) is 0 Å². The van der Waals surface area contributed by atoms with Gasteiger partial charge in [-0.05, 0) is 55.9 Å². The van der Waals surface area contributed by atoms with Crippen LogP contribution in [0.15, 0.2) is 47.6 Å². The molecular weight excluding hydrogens is 390 g/mol. The molecule has 2 heterocycles. The number of anilines is 1. The fourth-order valence-electron chi connectivity index (χ4n) is 3.79. The van der Waals surface area contributed by atoms with Crippen LogP contribution in [-0.4, -0.2) is 50.3 Å². The number of pyridine rings is 1. The molecule has 1 aliphatic heterocycles. The van der Waals surface area contributed by atoms with Crippen molar-refractivity contribution in [2.45, 2.75) is 38.8 Å². The van der Waals surface area contributed by atoms with E-state index >= 15 is 0 Å². The van der Waals surface area contributed by atoms with Crippen LogP contribution >= 0.6 is 0 Å². The van der Waals surface area contributed by atoms with Crippen molar-refractivity contribution in [2.24, 2.45) is 10.9 Å². The molecule has 0 amide bonds. The lowest BCUT2D eigenvalue weighted by molar-refractivity contribution is 0.288. The second kappa shape index (κ2) is 10.4. The topological polar surface area (TPSA) is 71.0 Å². The minimum atomic E-state index is 0.331. The molecule has 1 unspecified atom stereocenters. The molecular formula is C24H33N5O2. The first-order chi connectivity index (χ1) is 15.2. The van der Waals surface area contributed by atoms with Gasteiger partial charge in [-0.25, -0.2) is 9.98 Å². The maximum absolute atomic E-state index is 5.80. The van der Waals surface area contributed by atoms with Crippen molar-refractivity contribution in [1.82, 2.24) is 15.6 Å². The van der Waals surface area contributed by atoms with E-state index < -0.39 is 0 Å². The zero-order valence-electron chi connectivity index (χ0n) is 18.5. The van der Waals surface area contributed by atoms with Crippen molar-refractivity contribution in [2.75, 3.05) is 38.3 Å². The largest absolute Gasteiger partial charge is 0.495 e. The third-order valence-corrected chi connectivity index (χ3v) is 5.68. The number of rotatable bonds is 9. The van der Waals surface area contributed by atoms with E-state index in [-0.39, 0.29) is 0 Å². The van der Waals surface area contributed by atoms with Crippen LogP contribution in [0, 0.1) is 5.92 Å². The molecule has 2 aromatic rings. The second-order valence-corrected chi connectivity index (χ2v) is 8.20. The molecule has 0 radical (unpaired) electrons. The zero-order valence-corrected chi connectivity index (χ0v) is 18.5. The number of ether oxygens (including phenoxy) is 2. The highest BCUT2D eigenvalue weighted by molar-refractivity contribution is 5.80. The van der Waals surface area contributed by atoms with Gasteiger partial charge in [0.15, 0.2) is 5.96 Å². The molecule has 7 nitrogen and oxygen atoms in total. The molecule has 1 atom stereocenters. The lowest BCUT2D eigenvalue weighted by Crippen LogP contribution is -2.44. The fraction of sp³-hybridized carbons (Fsp3) is 0.500. The third kappa shape index (κ3) is 6.03. The van der Waals surface area contributed by atoms with E-state index in [1.165, 1.54) is 12.8 Å². The van der Waals surface area contributed by atoms with Gasteiger partial charge in [0.1, 0.15) is 5.75 Å². The average Bonchev–Trinajstić information content (AvgIpc) is 3.53. The first-order valence-electron chi connectivity index (χ1n) is 11.3. The Hall–Kier alpha value is -2.96. The van der Waals surface area contributed by atoms with Gasteiger partial charge in [-0.3, -0.25) is 0 Å². The van der Waals surface area contributed by atoms with Gasteiger partial charge in [-0.2, -0.15) is 0 Å². The monoisotopic (exact) mass is 423 g/mol. The van der Waals surface area contributed by atoms with Crippen molar-refractivity contribution in [3.8, 4) is 11.6 Å². The van der Waals surface area contributed by atoms with E-state index in [0.717, 1.165) is 61.5 Å². The predicted molar refractivity (Wildman–Crippen MR) is 124 cm³/mol. The Morgan fingerprint density at radius 2 is 2.10 bits per heavy atom. The number of methoxy groups -OCH3 is 1. The third-order valence-electron chi connectivity index (χ3n) is 5.68.